The minimum Gasteiger partial charge on any atom is -0.497 e. The first-order valence-electron chi connectivity index (χ1n) is 9.44. The van der Waals surface area contributed by atoms with Crippen molar-refractivity contribution >= 4 is 34.3 Å². The maximum atomic E-state index is 12.2. The molecule has 1 N–H and O–H groups in total. The highest BCUT2D eigenvalue weighted by atomic mass is 32.1. The number of esters is 1. The molecule has 0 spiro atoms. The monoisotopic (exact) mass is 410 g/mol. The molecule has 1 aliphatic carbocycles. The van der Waals surface area contributed by atoms with Crippen LogP contribution in [-0.4, -0.2) is 25.6 Å². The molecule has 0 aliphatic heterocycles. The summed E-state index contributed by atoms with van der Waals surface area (Å²) < 4.78 is 10.1. The highest BCUT2D eigenvalue weighted by Crippen LogP contribution is 2.36. The van der Waals surface area contributed by atoms with E-state index in [1.54, 1.807) is 25.3 Å². The van der Waals surface area contributed by atoms with E-state index in [1.807, 2.05) is 12.1 Å². The summed E-state index contributed by atoms with van der Waals surface area (Å²) in [7, 11) is 1.57. The number of carbonyl (C=O) groups is 2. The molecule has 0 saturated heterocycles. The number of aryl methyl sites for hydroxylation is 1. The normalized spacial score (nSPS) is 13.2. The number of hydrogen-bond acceptors (Lipinski definition) is 6. The van der Waals surface area contributed by atoms with Gasteiger partial charge in [-0.25, -0.2) is 4.79 Å². The first-order chi connectivity index (χ1) is 14.1. The summed E-state index contributed by atoms with van der Waals surface area (Å²) in [6, 6.07) is 9.43. The van der Waals surface area contributed by atoms with Gasteiger partial charge in [-0.05, 0) is 55.0 Å². The lowest BCUT2D eigenvalue weighted by molar-refractivity contribution is -0.142. The van der Waals surface area contributed by atoms with Gasteiger partial charge < -0.3 is 14.8 Å². The molecule has 6 nitrogen and oxygen atoms in total. The summed E-state index contributed by atoms with van der Waals surface area (Å²) in [5.41, 5.74) is 2.39. The molecule has 0 fully saturated rings. The van der Waals surface area contributed by atoms with Crippen LogP contribution in [0.1, 0.15) is 40.8 Å². The van der Waals surface area contributed by atoms with Crippen LogP contribution in [0.2, 0.25) is 0 Å². The van der Waals surface area contributed by atoms with Crippen molar-refractivity contribution in [1.82, 2.24) is 0 Å². The number of thiophene rings is 1. The Labute approximate surface area is 173 Å². The molecule has 0 unspecified atom stereocenters. The largest absolute Gasteiger partial charge is 0.497 e. The third-order valence-corrected chi connectivity index (χ3v) is 5.84. The average Bonchev–Trinajstić information content (AvgIpc) is 2.89. The Balaban J connectivity index is 1.55. The van der Waals surface area contributed by atoms with Crippen molar-refractivity contribution in [3.8, 4) is 11.8 Å². The molecule has 1 aromatic carbocycles. The number of hydrogen-bond donors (Lipinski definition) is 1. The maximum absolute atomic E-state index is 12.2. The maximum Gasteiger partial charge on any atom is 0.331 e. The van der Waals surface area contributed by atoms with Gasteiger partial charge in [0, 0.05) is 11.0 Å². The van der Waals surface area contributed by atoms with Crippen molar-refractivity contribution < 1.29 is 19.1 Å². The summed E-state index contributed by atoms with van der Waals surface area (Å²) in [6.07, 6.45) is 7.98. The molecule has 1 heterocycles. The molecule has 0 saturated carbocycles. The van der Waals surface area contributed by atoms with Crippen LogP contribution in [0.25, 0.3) is 6.08 Å². The first-order valence-corrected chi connectivity index (χ1v) is 10.3. The number of amides is 1. The van der Waals surface area contributed by atoms with Gasteiger partial charge in [0.15, 0.2) is 6.61 Å². The van der Waals surface area contributed by atoms with E-state index in [0.29, 0.717) is 16.3 Å². The van der Waals surface area contributed by atoms with Crippen LogP contribution < -0.4 is 10.1 Å². The van der Waals surface area contributed by atoms with Crippen LogP contribution in [0.3, 0.4) is 0 Å². The minimum absolute atomic E-state index is 0.408. The molecule has 1 aliphatic rings. The second kappa shape index (κ2) is 9.89. The Morgan fingerprint density at radius 1 is 1.28 bits per heavy atom. The van der Waals surface area contributed by atoms with Crippen molar-refractivity contribution in [1.29, 1.82) is 5.26 Å². The van der Waals surface area contributed by atoms with Crippen LogP contribution >= 0.6 is 11.3 Å². The van der Waals surface area contributed by atoms with Crippen LogP contribution in [0.4, 0.5) is 5.00 Å². The summed E-state index contributed by atoms with van der Waals surface area (Å²) in [6.45, 7) is -0.408. The molecular weight excluding hydrogens is 388 g/mol. The van der Waals surface area contributed by atoms with Crippen LogP contribution in [-0.2, 0) is 27.2 Å². The van der Waals surface area contributed by atoms with Gasteiger partial charge in [0.2, 0.25) is 0 Å². The van der Waals surface area contributed by atoms with Gasteiger partial charge in [0.25, 0.3) is 5.91 Å². The highest BCUT2D eigenvalue weighted by Gasteiger charge is 2.21. The van der Waals surface area contributed by atoms with Gasteiger partial charge in [0.05, 0.1) is 12.7 Å². The Morgan fingerprint density at radius 3 is 2.90 bits per heavy atom. The molecule has 0 radical (unpaired) electrons. The van der Waals surface area contributed by atoms with E-state index in [1.165, 1.54) is 22.3 Å². The number of benzene rings is 1. The summed E-state index contributed by atoms with van der Waals surface area (Å²) in [5.74, 6) is -0.394. The summed E-state index contributed by atoms with van der Waals surface area (Å²) in [5, 5.41) is 12.8. The Kier molecular flexibility index (Phi) is 7.04. The number of nitrogens with zero attached hydrogens (tertiary/aromatic N) is 1. The Morgan fingerprint density at radius 2 is 2.10 bits per heavy atom. The number of fused-ring (bicyclic) bond motifs is 1. The second-order valence-electron chi connectivity index (χ2n) is 6.65. The Hall–Kier alpha value is -3.11. The van der Waals surface area contributed by atoms with E-state index in [4.69, 9.17) is 9.47 Å². The second-order valence-corrected chi connectivity index (χ2v) is 7.75. The summed E-state index contributed by atoms with van der Waals surface area (Å²) >= 11 is 1.45. The molecular formula is C22H22N2O4S. The molecule has 29 heavy (non-hydrogen) atoms. The van der Waals surface area contributed by atoms with Gasteiger partial charge >= 0.3 is 5.97 Å². The fraction of sp³-hybridized carbons (Fsp3) is 0.318. The zero-order valence-corrected chi connectivity index (χ0v) is 17.0. The lowest BCUT2D eigenvalue weighted by Gasteiger charge is -2.04. The molecule has 0 bridgehead atoms. The molecule has 1 amide bonds. The average molecular weight is 410 g/mol. The van der Waals surface area contributed by atoms with Crippen LogP contribution in [0, 0.1) is 11.3 Å². The zero-order chi connectivity index (χ0) is 20.6. The third kappa shape index (κ3) is 5.46. The van der Waals surface area contributed by atoms with Gasteiger partial charge in [-0.2, -0.15) is 5.26 Å². The van der Waals surface area contributed by atoms with E-state index in [-0.39, 0.29) is 0 Å². The molecule has 1 aromatic heterocycles. The topological polar surface area (TPSA) is 88.4 Å². The lowest BCUT2D eigenvalue weighted by Crippen LogP contribution is -2.20. The fourth-order valence-corrected chi connectivity index (χ4v) is 4.46. The minimum atomic E-state index is -0.620. The van der Waals surface area contributed by atoms with E-state index < -0.39 is 18.5 Å². The first kappa shape index (κ1) is 20.6. The van der Waals surface area contributed by atoms with Crippen LogP contribution in [0.15, 0.2) is 30.3 Å². The standard InChI is InChI=1S/C22H22N2O4S/c1-27-16-7-5-6-15(12-16)10-11-21(26)28-14-20(25)24-22-18(13-23)17-8-3-2-4-9-19(17)29-22/h5-7,10-12H,2-4,8-9,14H2,1H3,(H,24,25)/b11-10+. The molecule has 2 aromatic rings. The number of anilines is 1. The van der Waals surface area contributed by atoms with E-state index in [2.05, 4.69) is 11.4 Å². The fourth-order valence-electron chi connectivity index (χ4n) is 3.21. The highest BCUT2D eigenvalue weighted by molar-refractivity contribution is 7.16. The molecule has 7 heteroatoms. The number of methoxy groups -OCH3 is 1. The SMILES string of the molecule is COc1cccc(/C=C/C(=O)OCC(=O)Nc2sc3c(c2C#N)CCCCC3)c1. The van der Waals surface area contributed by atoms with E-state index in [0.717, 1.165) is 43.2 Å². The van der Waals surface area contributed by atoms with E-state index in [9.17, 15) is 14.9 Å². The van der Waals surface area contributed by atoms with Crippen molar-refractivity contribution in [2.24, 2.45) is 0 Å². The number of nitriles is 1. The predicted molar refractivity (Wildman–Crippen MR) is 112 cm³/mol. The Bertz CT molecular complexity index is 972. The predicted octanol–water partition coefficient (Wildman–Crippen LogP) is 4.09. The van der Waals surface area contributed by atoms with Gasteiger partial charge in [-0.1, -0.05) is 18.6 Å². The number of rotatable bonds is 6. The third-order valence-electron chi connectivity index (χ3n) is 4.64. The number of ether oxygens (including phenoxy) is 2. The zero-order valence-electron chi connectivity index (χ0n) is 16.2. The van der Waals surface area contributed by atoms with Gasteiger partial charge in [-0.15, -0.1) is 11.3 Å². The quantitative estimate of drug-likeness (QED) is 0.440. The van der Waals surface area contributed by atoms with Crippen molar-refractivity contribution in [2.75, 3.05) is 19.0 Å². The summed E-state index contributed by atoms with van der Waals surface area (Å²) in [4.78, 5) is 25.2. The van der Waals surface area contributed by atoms with Crippen molar-refractivity contribution in [2.45, 2.75) is 32.1 Å². The van der Waals surface area contributed by atoms with Crippen molar-refractivity contribution in [3.63, 3.8) is 0 Å². The molecule has 150 valence electrons. The van der Waals surface area contributed by atoms with Crippen molar-refractivity contribution in [3.05, 3.63) is 51.9 Å². The van der Waals surface area contributed by atoms with E-state index >= 15 is 0 Å². The molecule has 3 rings (SSSR count). The molecule has 0 atom stereocenters. The number of carbonyl (C=O) groups excluding carboxylic acids is 2. The smallest absolute Gasteiger partial charge is 0.331 e. The van der Waals surface area contributed by atoms with Gasteiger partial charge in [-0.3, -0.25) is 4.79 Å². The number of nitrogens with one attached hydrogen (secondary N) is 1. The van der Waals surface area contributed by atoms with Crippen LogP contribution in [0.5, 0.6) is 5.75 Å². The van der Waals surface area contributed by atoms with Gasteiger partial charge in [0.1, 0.15) is 16.8 Å². The lowest BCUT2D eigenvalue weighted by atomic mass is 10.1.